The number of hydrogen-bond acceptors (Lipinski definition) is 4. The monoisotopic (exact) mass is 314 g/mol. The third kappa shape index (κ3) is 3.84. The summed E-state index contributed by atoms with van der Waals surface area (Å²) >= 11 is 0. The molecule has 1 aromatic heterocycles. The van der Waals surface area contributed by atoms with E-state index >= 15 is 0 Å². The van der Waals surface area contributed by atoms with Gasteiger partial charge in [-0.05, 0) is 26.2 Å². The van der Waals surface area contributed by atoms with Crippen molar-refractivity contribution in [2.45, 2.75) is 51.4 Å². The Labute approximate surface area is 127 Å². The number of nitrogens with zero attached hydrogens (tertiary/aromatic N) is 2. The van der Waals surface area contributed by atoms with Crippen LogP contribution in [0.4, 0.5) is 0 Å². The van der Waals surface area contributed by atoms with E-state index in [-0.39, 0.29) is 5.25 Å². The van der Waals surface area contributed by atoms with E-state index in [9.17, 15) is 8.42 Å². The summed E-state index contributed by atoms with van der Waals surface area (Å²) in [5.74, 6) is 1.27. The zero-order valence-corrected chi connectivity index (χ0v) is 13.9. The van der Waals surface area contributed by atoms with Gasteiger partial charge in [0.1, 0.15) is 5.82 Å². The van der Waals surface area contributed by atoms with E-state index < -0.39 is 10.0 Å². The van der Waals surface area contributed by atoms with Gasteiger partial charge < -0.3 is 10.3 Å². The normalized spacial score (nSPS) is 24.6. The van der Waals surface area contributed by atoms with Gasteiger partial charge >= 0.3 is 0 Å². The van der Waals surface area contributed by atoms with E-state index in [1.165, 1.54) is 0 Å². The Morgan fingerprint density at radius 2 is 2.29 bits per heavy atom. The summed E-state index contributed by atoms with van der Waals surface area (Å²) in [6, 6.07) is 0.346. The van der Waals surface area contributed by atoms with Gasteiger partial charge in [0.25, 0.3) is 0 Å². The van der Waals surface area contributed by atoms with E-state index in [4.69, 9.17) is 0 Å². The quantitative estimate of drug-likeness (QED) is 0.830. The fraction of sp³-hybridized carbons (Fsp3) is 0.786. The molecule has 6 nitrogen and oxygen atoms in total. The van der Waals surface area contributed by atoms with Crippen molar-refractivity contribution >= 4 is 10.0 Å². The van der Waals surface area contributed by atoms with Crippen LogP contribution in [0.25, 0.3) is 0 Å². The highest BCUT2D eigenvalue weighted by Crippen LogP contribution is 2.24. The van der Waals surface area contributed by atoms with Gasteiger partial charge in [-0.1, -0.05) is 13.3 Å². The van der Waals surface area contributed by atoms with Crippen LogP contribution >= 0.6 is 0 Å². The van der Waals surface area contributed by atoms with Gasteiger partial charge in [-0.3, -0.25) is 0 Å². The van der Waals surface area contributed by atoms with Crippen molar-refractivity contribution in [2.24, 2.45) is 5.92 Å². The largest absolute Gasteiger partial charge is 0.348 e. The van der Waals surface area contributed by atoms with Crippen molar-refractivity contribution in [1.29, 1.82) is 0 Å². The van der Waals surface area contributed by atoms with Crippen LogP contribution in [0.2, 0.25) is 0 Å². The number of imidazole rings is 1. The second kappa shape index (κ2) is 6.89. The molecule has 1 saturated heterocycles. The summed E-state index contributed by atoms with van der Waals surface area (Å²) < 4.78 is 26.2. The fourth-order valence-corrected chi connectivity index (χ4v) is 4.19. The minimum Gasteiger partial charge on any atom is -0.348 e. The van der Waals surface area contributed by atoms with Gasteiger partial charge in [-0.15, -0.1) is 0 Å². The zero-order valence-electron chi connectivity index (χ0n) is 13.0. The summed E-state index contributed by atoms with van der Waals surface area (Å²) in [6.45, 7) is 7.54. The standard InChI is InChI=1S/C14H26N4O2S/c1-4-12-10-18(21(19,20)11(2)3)8-5-13(12)17-9-14-15-6-7-16-14/h6-7,11-13,17H,4-5,8-10H2,1-3H3,(H,15,16)/t12-,13-/m0/s1. The molecule has 0 bridgehead atoms. The van der Waals surface area contributed by atoms with Crippen molar-refractivity contribution in [1.82, 2.24) is 19.6 Å². The molecular weight excluding hydrogens is 288 g/mol. The Hall–Kier alpha value is -0.920. The molecule has 0 aliphatic carbocycles. The van der Waals surface area contributed by atoms with Crippen molar-refractivity contribution in [3.63, 3.8) is 0 Å². The second-order valence-electron chi connectivity index (χ2n) is 5.93. The minimum absolute atomic E-state index is 0.345. The van der Waals surface area contributed by atoms with E-state index in [1.807, 2.05) is 6.20 Å². The van der Waals surface area contributed by atoms with Gasteiger partial charge in [0.15, 0.2) is 0 Å². The maximum Gasteiger partial charge on any atom is 0.216 e. The van der Waals surface area contributed by atoms with Gasteiger partial charge in [-0.2, -0.15) is 0 Å². The second-order valence-corrected chi connectivity index (χ2v) is 8.42. The molecule has 0 amide bonds. The van der Waals surface area contributed by atoms with Crippen LogP contribution in [-0.4, -0.2) is 47.1 Å². The van der Waals surface area contributed by atoms with Crippen molar-refractivity contribution in [3.05, 3.63) is 18.2 Å². The van der Waals surface area contributed by atoms with E-state index in [2.05, 4.69) is 22.2 Å². The highest BCUT2D eigenvalue weighted by molar-refractivity contribution is 7.89. The molecule has 1 aliphatic rings. The third-order valence-corrected chi connectivity index (χ3v) is 6.51. The molecule has 1 fully saturated rings. The maximum atomic E-state index is 12.3. The van der Waals surface area contributed by atoms with Crippen LogP contribution in [0, 0.1) is 5.92 Å². The number of piperidine rings is 1. The highest BCUT2D eigenvalue weighted by Gasteiger charge is 2.35. The first-order chi connectivity index (χ1) is 9.95. The van der Waals surface area contributed by atoms with Crippen LogP contribution in [0.1, 0.15) is 39.4 Å². The lowest BCUT2D eigenvalue weighted by atomic mass is 9.91. The molecular formula is C14H26N4O2S. The summed E-state index contributed by atoms with van der Waals surface area (Å²) in [7, 11) is -3.14. The zero-order chi connectivity index (χ0) is 15.5. The molecule has 21 heavy (non-hydrogen) atoms. The van der Waals surface area contributed by atoms with Crippen LogP contribution in [-0.2, 0) is 16.6 Å². The lowest BCUT2D eigenvalue weighted by Gasteiger charge is -2.38. The van der Waals surface area contributed by atoms with Crippen LogP contribution < -0.4 is 5.32 Å². The van der Waals surface area contributed by atoms with E-state index in [1.54, 1.807) is 24.3 Å². The number of hydrogen-bond donors (Lipinski definition) is 2. The maximum absolute atomic E-state index is 12.3. The van der Waals surface area contributed by atoms with Gasteiger partial charge in [-0.25, -0.2) is 17.7 Å². The first kappa shape index (κ1) is 16.5. The molecule has 1 aromatic rings. The first-order valence-electron chi connectivity index (χ1n) is 7.65. The van der Waals surface area contributed by atoms with Crippen molar-refractivity contribution in [3.8, 4) is 0 Å². The lowest BCUT2D eigenvalue weighted by molar-refractivity contribution is 0.199. The number of aromatic amines is 1. The number of H-pyrrole nitrogens is 1. The molecule has 0 spiro atoms. The Balaban J connectivity index is 1.95. The summed E-state index contributed by atoms with van der Waals surface area (Å²) in [4.78, 5) is 7.28. The molecule has 2 N–H and O–H groups in total. The highest BCUT2D eigenvalue weighted by atomic mass is 32.2. The fourth-order valence-electron chi connectivity index (χ4n) is 2.83. The summed E-state index contributed by atoms with van der Waals surface area (Å²) in [5, 5.41) is 3.17. The third-order valence-electron chi connectivity index (χ3n) is 4.26. The topological polar surface area (TPSA) is 78.1 Å². The number of sulfonamides is 1. The van der Waals surface area contributed by atoms with Crippen LogP contribution in [0.15, 0.2) is 12.4 Å². The number of nitrogens with one attached hydrogen (secondary N) is 2. The number of rotatable bonds is 6. The smallest absolute Gasteiger partial charge is 0.216 e. The molecule has 7 heteroatoms. The molecule has 2 rings (SSSR count). The average molecular weight is 314 g/mol. The van der Waals surface area contributed by atoms with Gasteiger partial charge in [0.2, 0.25) is 10.0 Å². The lowest BCUT2D eigenvalue weighted by Crippen LogP contribution is -2.52. The molecule has 0 saturated carbocycles. The Morgan fingerprint density at radius 1 is 1.52 bits per heavy atom. The van der Waals surface area contributed by atoms with E-state index in [0.717, 1.165) is 18.7 Å². The summed E-state index contributed by atoms with van der Waals surface area (Å²) in [6.07, 6.45) is 5.38. The molecule has 1 aliphatic heterocycles. The predicted molar refractivity (Wildman–Crippen MR) is 83.2 cm³/mol. The Morgan fingerprint density at radius 3 is 2.86 bits per heavy atom. The molecule has 0 unspecified atom stereocenters. The molecule has 0 radical (unpaired) electrons. The van der Waals surface area contributed by atoms with Crippen LogP contribution in [0.3, 0.4) is 0 Å². The van der Waals surface area contributed by atoms with Crippen LogP contribution in [0.5, 0.6) is 0 Å². The predicted octanol–water partition coefficient (Wildman–Crippen LogP) is 1.34. The Kier molecular flexibility index (Phi) is 5.40. The Bertz CT molecular complexity index is 527. The minimum atomic E-state index is -3.14. The number of aromatic nitrogens is 2. The summed E-state index contributed by atoms with van der Waals surface area (Å²) in [5.41, 5.74) is 0. The van der Waals surface area contributed by atoms with Crippen molar-refractivity contribution in [2.75, 3.05) is 13.1 Å². The SMILES string of the molecule is CC[C@H]1CN(S(=O)(=O)C(C)C)CC[C@@H]1NCc1ncc[nH]1. The molecule has 2 heterocycles. The molecule has 0 aromatic carbocycles. The van der Waals surface area contributed by atoms with Gasteiger partial charge in [0, 0.05) is 31.5 Å². The average Bonchev–Trinajstić information content (AvgIpc) is 2.97. The molecule has 120 valence electrons. The van der Waals surface area contributed by atoms with Gasteiger partial charge in [0.05, 0.1) is 11.8 Å². The molecule has 2 atom stereocenters. The first-order valence-corrected chi connectivity index (χ1v) is 9.16. The van der Waals surface area contributed by atoms with Crippen molar-refractivity contribution < 1.29 is 8.42 Å². The van der Waals surface area contributed by atoms with E-state index in [0.29, 0.717) is 31.6 Å².